The van der Waals surface area contributed by atoms with Crippen molar-refractivity contribution >= 4 is 47.0 Å². The van der Waals surface area contributed by atoms with Crippen LogP contribution in [0.15, 0.2) is 36.4 Å². The summed E-state index contributed by atoms with van der Waals surface area (Å²) in [5.74, 6) is -1.73. The number of hydrogen-bond acceptors (Lipinski definition) is 6. The van der Waals surface area contributed by atoms with Crippen LogP contribution in [0.2, 0.25) is 5.02 Å². The van der Waals surface area contributed by atoms with E-state index in [-0.39, 0.29) is 41.2 Å². The first-order valence-electron chi connectivity index (χ1n) is 12.6. The van der Waals surface area contributed by atoms with Gasteiger partial charge in [-0.15, -0.1) is 0 Å². The van der Waals surface area contributed by atoms with Crippen LogP contribution >= 0.6 is 11.6 Å². The second-order valence-corrected chi connectivity index (χ2v) is 10.3. The molecule has 4 rings (SSSR count). The number of fused-ring (bicyclic) bond motifs is 2. The molecular formula is C27H30ClFN4O7. The number of methoxy groups -OCH3 is 1. The second kappa shape index (κ2) is 11.7. The van der Waals surface area contributed by atoms with Crippen molar-refractivity contribution in [1.29, 1.82) is 0 Å². The summed E-state index contributed by atoms with van der Waals surface area (Å²) in [6.07, 6.45) is -1.49. The zero-order valence-corrected chi connectivity index (χ0v) is 23.0. The summed E-state index contributed by atoms with van der Waals surface area (Å²) in [6.45, 7) is 1.92. The van der Waals surface area contributed by atoms with Gasteiger partial charge in [0.1, 0.15) is 6.04 Å². The summed E-state index contributed by atoms with van der Waals surface area (Å²) < 4.78 is 26.2. The summed E-state index contributed by atoms with van der Waals surface area (Å²) >= 11 is 6.05. The van der Waals surface area contributed by atoms with Crippen molar-refractivity contribution in [2.75, 3.05) is 37.5 Å². The summed E-state index contributed by atoms with van der Waals surface area (Å²) in [5.41, 5.74) is -0.559. The highest BCUT2D eigenvalue weighted by molar-refractivity contribution is 6.31. The van der Waals surface area contributed by atoms with E-state index in [1.807, 2.05) is 0 Å². The molecule has 1 fully saturated rings. The van der Waals surface area contributed by atoms with Crippen molar-refractivity contribution in [3.8, 4) is 0 Å². The van der Waals surface area contributed by atoms with Gasteiger partial charge in [0.15, 0.2) is 11.4 Å². The first kappa shape index (κ1) is 29.1. The normalized spacial score (nSPS) is 19.6. The molecule has 2 aromatic rings. The van der Waals surface area contributed by atoms with E-state index in [2.05, 4.69) is 10.6 Å². The van der Waals surface area contributed by atoms with Gasteiger partial charge in [0, 0.05) is 38.4 Å². The van der Waals surface area contributed by atoms with Crippen LogP contribution < -0.4 is 15.5 Å². The van der Waals surface area contributed by atoms with E-state index in [1.165, 1.54) is 55.5 Å². The third kappa shape index (κ3) is 5.82. The third-order valence-electron chi connectivity index (χ3n) is 7.22. The Hall–Kier alpha value is -3.90. The lowest BCUT2D eigenvalue weighted by Crippen LogP contribution is -2.57. The van der Waals surface area contributed by atoms with Gasteiger partial charge in [-0.2, -0.15) is 0 Å². The molecular weight excluding hydrogens is 547 g/mol. The average Bonchev–Trinajstić information content (AvgIpc) is 2.93. The Bertz CT molecular complexity index is 1320. The predicted molar refractivity (Wildman–Crippen MR) is 144 cm³/mol. The van der Waals surface area contributed by atoms with Crippen LogP contribution in [0.1, 0.15) is 42.1 Å². The molecule has 2 aliphatic rings. The maximum absolute atomic E-state index is 15.3. The quantitative estimate of drug-likeness (QED) is 0.449. The zero-order chi connectivity index (χ0) is 29.2. The molecule has 1 spiro atoms. The van der Waals surface area contributed by atoms with Gasteiger partial charge >= 0.3 is 12.2 Å². The van der Waals surface area contributed by atoms with Crippen molar-refractivity contribution in [3.05, 3.63) is 58.4 Å². The van der Waals surface area contributed by atoms with E-state index < -0.39 is 47.6 Å². The minimum atomic E-state index is -1.45. The number of hydrogen-bond donors (Lipinski definition) is 3. The molecule has 11 nitrogen and oxygen atoms in total. The number of likely N-dealkylation sites (tertiary alicyclic amines) is 1. The maximum Gasteiger partial charge on any atom is 0.412 e. The highest BCUT2D eigenvalue weighted by Crippen LogP contribution is 2.45. The van der Waals surface area contributed by atoms with Gasteiger partial charge in [-0.05, 0) is 56.2 Å². The molecule has 4 amide bonds. The van der Waals surface area contributed by atoms with E-state index >= 15 is 4.39 Å². The third-order valence-corrected chi connectivity index (χ3v) is 7.51. The Kier molecular flexibility index (Phi) is 8.50. The molecule has 2 aromatic carbocycles. The minimum Gasteiger partial charge on any atom is -0.465 e. The smallest absolute Gasteiger partial charge is 0.412 e. The van der Waals surface area contributed by atoms with Gasteiger partial charge in [0.25, 0.3) is 5.91 Å². The van der Waals surface area contributed by atoms with Gasteiger partial charge in [-0.3, -0.25) is 19.8 Å². The minimum absolute atomic E-state index is 0.0781. The molecule has 0 saturated carbocycles. The van der Waals surface area contributed by atoms with Gasteiger partial charge in [-0.1, -0.05) is 11.6 Å². The highest BCUT2D eigenvalue weighted by Gasteiger charge is 2.49. The molecule has 0 radical (unpaired) electrons. The first-order valence-corrected chi connectivity index (χ1v) is 13.0. The Balaban J connectivity index is 1.58. The van der Waals surface area contributed by atoms with E-state index in [9.17, 15) is 19.2 Å². The SMILES string of the molecule is CO[C@H](C)C[C@@H](NC(=O)c1ccc(N(C)C(=O)O)cc1)C(=O)N1CCC[C@@]2(C1)OC(=O)Nc1ccc(Cl)c(F)c12. The van der Waals surface area contributed by atoms with Crippen molar-refractivity contribution in [2.45, 2.75) is 43.9 Å². The number of amides is 4. The van der Waals surface area contributed by atoms with Crippen LogP contribution in [-0.4, -0.2) is 73.4 Å². The van der Waals surface area contributed by atoms with Crippen LogP contribution in [0.4, 0.5) is 25.4 Å². The van der Waals surface area contributed by atoms with E-state index in [0.717, 1.165) is 4.90 Å². The number of carboxylic acid groups (broad SMARTS) is 1. The molecule has 0 bridgehead atoms. The maximum atomic E-state index is 15.3. The molecule has 2 heterocycles. The van der Waals surface area contributed by atoms with E-state index in [0.29, 0.717) is 18.7 Å². The van der Waals surface area contributed by atoms with Gasteiger partial charge < -0.3 is 24.8 Å². The summed E-state index contributed by atoms with van der Waals surface area (Å²) in [7, 11) is 2.86. The Morgan fingerprint density at radius 1 is 1.27 bits per heavy atom. The van der Waals surface area contributed by atoms with Crippen molar-refractivity contribution < 1.29 is 38.1 Å². The lowest BCUT2D eigenvalue weighted by molar-refractivity contribution is -0.142. The van der Waals surface area contributed by atoms with Crippen LogP contribution in [0.3, 0.4) is 0 Å². The lowest BCUT2D eigenvalue weighted by Gasteiger charge is -2.45. The van der Waals surface area contributed by atoms with Gasteiger partial charge in [0.05, 0.1) is 28.9 Å². The number of benzene rings is 2. The molecule has 0 unspecified atom stereocenters. The Labute approximate surface area is 235 Å². The molecule has 13 heteroatoms. The Morgan fingerprint density at radius 2 is 1.98 bits per heavy atom. The monoisotopic (exact) mass is 576 g/mol. The lowest BCUT2D eigenvalue weighted by atomic mass is 9.82. The van der Waals surface area contributed by atoms with Gasteiger partial charge in [-0.25, -0.2) is 14.0 Å². The van der Waals surface area contributed by atoms with Crippen LogP contribution in [0.5, 0.6) is 0 Å². The molecule has 0 aliphatic carbocycles. The standard InChI is InChI=1S/C27H30ClFN4O7/c1-15(39-3)13-20(30-23(34)16-5-7-17(8-6-16)32(2)26(37)38)24(35)33-12-4-11-27(14-33)21-19(31-25(36)40-27)10-9-18(28)22(21)29/h5-10,15,20H,4,11-14H2,1-3H3,(H,30,34)(H,31,36)(H,37,38)/t15-,20-,27+/m1/s1. The van der Waals surface area contributed by atoms with Crippen molar-refractivity contribution in [3.63, 3.8) is 0 Å². The van der Waals surface area contributed by atoms with Crippen molar-refractivity contribution in [1.82, 2.24) is 10.2 Å². The first-order chi connectivity index (χ1) is 19.0. The topological polar surface area (TPSA) is 138 Å². The predicted octanol–water partition coefficient (Wildman–Crippen LogP) is 4.20. The molecule has 214 valence electrons. The highest BCUT2D eigenvalue weighted by atomic mass is 35.5. The molecule has 1 saturated heterocycles. The Morgan fingerprint density at radius 3 is 2.62 bits per heavy atom. The number of anilines is 2. The largest absolute Gasteiger partial charge is 0.465 e. The summed E-state index contributed by atoms with van der Waals surface area (Å²) in [6, 6.07) is 7.69. The van der Waals surface area contributed by atoms with Crippen molar-refractivity contribution in [2.24, 2.45) is 0 Å². The van der Waals surface area contributed by atoms with Gasteiger partial charge in [0.2, 0.25) is 5.91 Å². The fourth-order valence-electron chi connectivity index (χ4n) is 5.02. The number of piperidine rings is 1. The molecule has 3 N–H and O–H groups in total. The average molecular weight is 577 g/mol. The molecule has 2 aliphatic heterocycles. The summed E-state index contributed by atoms with van der Waals surface area (Å²) in [4.78, 5) is 53.0. The number of carbonyl (C=O) groups excluding carboxylic acids is 3. The van der Waals surface area contributed by atoms with Crippen LogP contribution in [0.25, 0.3) is 0 Å². The molecule has 3 atom stereocenters. The van der Waals surface area contributed by atoms with E-state index in [1.54, 1.807) is 6.92 Å². The van der Waals surface area contributed by atoms with E-state index in [4.69, 9.17) is 26.2 Å². The number of nitrogens with one attached hydrogen (secondary N) is 2. The zero-order valence-electron chi connectivity index (χ0n) is 22.2. The summed E-state index contributed by atoms with van der Waals surface area (Å²) in [5, 5.41) is 14.3. The fraction of sp³-hybridized carbons (Fsp3) is 0.407. The van der Waals surface area contributed by atoms with Crippen LogP contribution in [0, 0.1) is 5.82 Å². The number of carbonyl (C=O) groups is 4. The number of halogens is 2. The fourth-order valence-corrected chi connectivity index (χ4v) is 5.18. The second-order valence-electron chi connectivity index (χ2n) is 9.85. The number of rotatable bonds is 7. The molecule has 0 aromatic heterocycles. The van der Waals surface area contributed by atoms with Crippen LogP contribution in [-0.2, 0) is 19.9 Å². The number of nitrogens with zero attached hydrogens (tertiary/aromatic N) is 2. The molecule has 40 heavy (non-hydrogen) atoms. The number of ether oxygens (including phenoxy) is 2.